The van der Waals surface area contributed by atoms with Crippen LogP contribution in [0.4, 0.5) is 17.3 Å². The number of carbonyl (C=O) groups is 2. The first-order valence-electron chi connectivity index (χ1n) is 13.3. The van der Waals surface area contributed by atoms with Crippen molar-refractivity contribution in [2.75, 3.05) is 56.6 Å². The molecule has 1 aromatic carbocycles. The zero-order valence-corrected chi connectivity index (χ0v) is 23.0. The number of hydrogen-bond donors (Lipinski definition) is 3. The molecule has 2 aliphatic heterocycles. The van der Waals surface area contributed by atoms with Crippen LogP contribution in [0, 0.1) is 12.8 Å². The molecule has 1 atom stereocenters. The zero-order chi connectivity index (χ0) is 27.5. The van der Waals surface area contributed by atoms with Gasteiger partial charge in [-0.15, -0.1) is 5.10 Å². The zero-order valence-electron chi connectivity index (χ0n) is 22.2. The number of benzene rings is 1. The van der Waals surface area contributed by atoms with Gasteiger partial charge in [-0.3, -0.25) is 19.6 Å². The molecule has 208 valence electrons. The van der Waals surface area contributed by atoms with E-state index >= 15 is 0 Å². The van der Waals surface area contributed by atoms with Crippen molar-refractivity contribution in [2.45, 2.75) is 23.4 Å². The summed E-state index contributed by atoms with van der Waals surface area (Å²) >= 11 is 1.43. The van der Waals surface area contributed by atoms with Crippen LogP contribution in [-0.4, -0.2) is 92.3 Å². The van der Waals surface area contributed by atoms with Crippen molar-refractivity contribution in [2.24, 2.45) is 5.92 Å². The highest BCUT2D eigenvalue weighted by Crippen LogP contribution is 2.29. The standard InChI is InChI=1S/C27H31N9O3S/c1-18-15-23(32-31-18)29-25-22-3-2-9-36(22)33-27(30-25)40-21-6-4-20(5-7-21)28-24(37)17-34-10-8-19(16-34)26(38)35-11-13-39-14-12-35/h2-7,9,15,19H,8,10-14,16-17H2,1H3,(H,28,37)(H2,29,30,31,32,33)/t19-/m1/s1. The van der Waals surface area contributed by atoms with E-state index in [9.17, 15) is 9.59 Å². The molecule has 0 radical (unpaired) electrons. The molecular weight excluding hydrogens is 530 g/mol. The van der Waals surface area contributed by atoms with Gasteiger partial charge in [-0.05, 0) is 68.0 Å². The largest absolute Gasteiger partial charge is 0.378 e. The number of aromatic amines is 1. The van der Waals surface area contributed by atoms with E-state index in [1.165, 1.54) is 11.8 Å². The lowest BCUT2D eigenvalue weighted by Crippen LogP contribution is -2.44. The Bertz CT molecular complexity index is 1500. The number of fused-ring (bicyclic) bond motifs is 1. The van der Waals surface area contributed by atoms with Gasteiger partial charge in [0, 0.05) is 48.2 Å². The van der Waals surface area contributed by atoms with Crippen LogP contribution in [0.15, 0.2) is 58.7 Å². The Morgan fingerprint density at radius 2 is 1.98 bits per heavy atom. The van der Waals surface area contributed by atoms with E-state index in [2.05, 4.69) is 25.9 Å². The quantitative estimate of drug-likeness (QED) is 0.297. The molecule has 4 aromatic rings. The van der Waals surface area contributed by atoms with Crippen LogP contribution in [0.2, 0.25) is 0 Å². The van der Waals surface area contributed by atoms with Crippen molar-refractivity contribution in [1.29, 1.82) is 0 Å². The lowest BCUT2D eigenvalue weighted by molar-refractivity contribution is -0.139. The normalized spacial score (nSPS) is 17.8. The number of ether oxygens (including phenoxy) is 1. The number of nitrogens with zero attached hydrogens (tertiary/aromatic N) is 6. The molecule has 6 rings (SSSR count). The molecule has 13 heteroatoms. The van der Waals surface area contributed by atoms with Gasteiger partial charge in [0.1, 0.15) is 5.52 Å². The molecule has 2 saturated heterocycles. The van der Waals surface area contributed by atoms with E-state index in [0.29, 0.717) is 55.3 Å². The van der Waals surface area contributed by atoms with Crippen LogP contribution < -0.4 is 10.6 Å². The Morgan fingerprint density at radius 1 is 1.15 bits per heavy atom. The highest BCUT2D eigenvalue weighted by Gasteiger charge is 2.32. The number of carbonyl (C=O) groups excluding carboxylic acids is 2. The molecular formula is C27H31N9O3S. The summed E-state index contributed by atoms with van der Waals surface area (Å²) in [5.74, 6) is 1.38. The van der Waals surface area contributed by atoms with Crippen molar-refractivity contribution in [3.8, 4) is 0 Å². The topological polar surface area (TPSA) is 133 Å². The summed E-state index contributed by atoms with van der Waals surface area (Å²) in [6, 6.07) is 13.4. The molecule has 2 aliphatic rings. The van der Waals surface area contributed by atoms with Crippen LogP contribution in [-0.2, 0) is 14.3 Å². The smallest absolute Gasteiger partial charge is 0.238 e. The second kappa shape index (κ2) is 11.7. The van der Waals surface area contributed by atoms with E-state index in [4.69, 9.17) is 9.72 Å². The number of anilines is 3. The minimum atomic E-state index is -0.0920. The summed E-state index contributed by atoms with van der Waals surface area (Å²) in [6.07, 6.45) is 2.66. The van der Waals surface area contributed by atoms with Crippen molar-refractivity contribution < 1.29 is 14.3 Å². The van der Waals surface area contributed by atoms with E-state index < -0.39 is 0 Å². The molecule has 0 saturated carbocycles. The van der Waals surface area contributed by atoms with Crippen molar-refractivity contribution >= 4 is 46.4 Å². The highest BCUT2D eigenvalue weighted by molar-refractivity contribution is 7.99. The fourth-order valence-electron chi connectivity index (χ4n) is 4.99. The number of nitrogens with one attached hydrogen (secondary N) is 3. The van der Waals surface area contributed by atoms with Crippen LogP contribution >= 0.6 is 11.8 Å². The summed E-state index contributed by atoms with van der Waals surface area (Å²) in [4.78, 5) is 35.0. The fraction of sp³-hybridized carbons (Fsp3) is 0.370. The Labute approximate surface area is 235 Å². The third-order valence-corrected chi connectivity index (χ3v) is 7.85. The van der Waals surface area contributed by atoms with E-state index in [0.717, 1.165) is 29.1 Å². The van der Waals surface area contributed by atoms with Gasteiger partial charge < -0.3 is 20.3 Å². The second-order valence-electron chi connectivity index (χ2n) is 9.98. The van der Waals surface area contributed by atoms with E-state index in [-0.39, 0.29) is 24.3 Å². The van der Waals surface area contributed by atoms with Gasteiger partial charge in [0.15, 0.2) is 11.6 Å². The first-order valence-corrected chi connectivity index (χ1v) is 14.1. The third kappa shape index (κ3) is 6.11. The van der Waals surface area contributed by atoms with Crippen LogP contribution in [0.3, 0.4) is 0 Å². The van der Waals surface area contributed by atoms with Gasteiger partial charge in [-0.2, -0.15) is 5.10 Å². The van der Waals surface area contributed by atoms with Crippen molar-refractivity contribution in [1.82, 2.24) is 34.6 Å². The minimum Gasteiger partial charge on any atom is -0.378 e. The summed E-state index contributed by atoms with van der Waals surface area (Å²) in [7, 11) is 0. The second-order valence-corrected chi connectivity index (χ2v) is 11.0. The summed E-state index contributed by atoms with van der Waals surface area (Å²) in [5, 5.41) is 18.6. The van der Waals surface area contributed by atoms with E-state index in [1.807, 2.05) is 65.4 Å². The predicted octanol–water partition coefficient (Wildman–Crippen LogP) is 2.77. The number of hydrogen-bond acceptors (Lipinski definition) is 9. The molecule has 0 unspecified atom stereocenters. The fourth-order valence-corrected chi connectivity index (χ4v) is 5.74. The Kier molecular flexibility index (Phi) is 7.66. The van der Waals surface area contributed by atoms with Crippen LogP contribution in [0.1, 0.15) is 12.1 Å². The minimum absolute atomic E-state index is 0.0469. The number of H-pyrrole nitrogens is 1. The van der Waals surface area contributed by atoms with Crippen LogP contribution in [0.25, 0.3) is 5.52 Å². The maximum absolute atomic E-state index is 12.8. The first-order chi connectivity index (χ1) is 19.5. The summed E-state index contributed by atoms with van der Waals surface area (Å²) in [5.41, 5.74) is 2.51. The molecule has 3 aromatic heterocycles. The number of amides is 2. The molecule has 3 N–H and O–H groups in total. The van der Waals surface area contributed by atoms with Gasteiger partial charge in [0.05, 0.1) is 25.7 Å². The lowest BCUT2D eigenvalue weighted by atomic mass is 10.1. The summed E-state index contributed by atoms with van der Waals surface area (Å²) in [6.45, 7) is 6.06. The monoisotopic (exact) mass is 561 g/mol. The van der Waals surface area contributed by atoms with Crippen molar-refractivity contribution in [3.63, 3.8) is 0 Å². The van der Waals surface area contributed by atoms with Crippen LogP contribution in [0.5, 0.6) is 0 Å². The average Bonchev–Trinajstić information content (AvgIpc) is 3.72. The van der Waals surface area contributed by atoms with Gasteiger partial charge in [0.2, 0.25) is 17.0 Å². The number of morpholine rings is 1. The molecule has 0 spiro atoms. The molecule has 0 bridgehead atoms. The molecule has 5 heterocycles. The Balaban J connectivity index is 1.03. The number of aryl methyl sites for hydroxylation is 1. The Hall–Kier alpha value is -3.94. The van der Waals surface area contributed by atoms with Gasteiger partial charge in [-0.25, -0.2) is 9.50 Å². The number of likely N-dealkylation sites (tertiary alicyclic amines) is 1. The maximum Gasteiger partial charge on any atom is 0.238 e. The molecule has 12 nitrogen and oxygen atoms in total. The predicted molar refractivity (Wildman–Crippen MR) is 151 cm³/mol. The maximum atomic E-state index is 12.8. The van der Waals surface area contributed by atoms with Crippen molar-refractivity contribution in [3.05, 3.63) is 54.4 Å². The molecule has 2 amide bonds. The SMILES string of the molecule is Cc1cc(Nc2nc(Sc3ccc(NC(=O)CN4CC[C@@H](C(=O)N5CCOCC5)C4)cc3)nn3cccc23)n[nH]1. The van der Waals surface area contributed by atoms with Gasteiger partial charge >= 0.3 is 0 Å². The van der Waals surface area contributed by atoms with Gasteiger partial charge in [0.25, 0.3) is 0 Å². The third-order valence-electron chi connectivity index (χ3n) is 6.98. The summed E-state index contributed by atoms with van der Waals surface area (Å²) < 4.78 is 7.13. The highest BCUT2D eigenvalue weighted by atomic mass is 32.2. The van der Waals surface area contributed by atoms with E-state index in [1.54, 1.807) is 4.52 Å². The molecule has 0 aliphatic carbocycles. The Morgan fingerprint density at radius 3 is 2.75 bits per heavy atom. The average molecular weight is 562 g/mol. The number of rotatable bonds is 8. The molecule has 2 fully saturated rings. The lowest BCUT2D eigenvalue weighted by Gasteiger charge is -2.29. The van der Waals surface area contributed by atoms with Gasteiger partial charge in [-0.1, -0.05) is 0 Å². The first kappa shape index (κ1) is 26.3. The molecule has 40 heavy (non-hydrogen) atoms. The number of aromatic nitrogens is 5.